The molecule has 1 amide bonds. The number of aromatic nitrogens is 2. The number of nitrogens with zero attached hydrogens (tertiary/aromatic N) is 3. The second kappa shape index (κ2) is 4.25. The van der Waals surface area contributed by atoms with Gasteiger partial charge in [0.2, 0.25) is 5.91 Å². The van der Waals surface area contributed by atoms with E-state index in [-0.39, 0.29) is 24.7 Å². The van der Waals surface area contributed by atoms with Crippen LogP contribution in [0.4, 0.5) is 0 Å². The summed E-state index contributed by atoms with van der Waals surface area (Å²) in [6.45, 7) is 0.872. The molecule has 1 aliphatic heterocycles. The van der Waals surface area contributed by atoms with Crippen molar-refractivity contribution in [1.29, 1.82) is 0 Å². The van der Waals surface area contributed by atoms with Gasteiger partial charge in [0.25, 0.3) is 0 Å². The van der Waals surface area contributed by atoms with E-state index in [1.54, 1.807) is 11.1 Å². The molecule has 1 saturated heterocycles. The number of likely N-dealkylation sites (tertiary alicyclic amines) is 1. The fourth-order valence-electron chi connectivity index (χ4n) is 2.22. The van der Waals surface area contributed by atoms with Crippen molar-refractivity contribution in [1.82, 2.24) is 14.3 Å². The van der Waals surface area contributed by atoms with Crippen LogP contribution in [0.2, 0.25) is 0 Å². The smallest absolute Gasteiger partial charge is 0.230 e. The summed E-state index contributed by atoms with van der Waals surface area (Å²) in [5.41, 5.74) is 2.04. The Balaban J connectivity index is 1.69. The number of carbonyl (C=O) groups is 2. The summed E-state index contributed by atoms with van der Waals surface area (Å²) in [4.78, 5) is 28.4. The largest absolute Gasteiger partial charge is 0.335 e. The topological polar surface area (TPSA) is 54.7 Å². The van der Waals surface area contributed by atoms with Gasteiger partial charge >= 0.3 is 0 Å². The van der Waals surface area contributed by atoms with Gasteiger partial charge in [0.05, 0.1) is 13.0 Å². The summed E-state index contributed by atoms with van der Waals surface area (Å²) in [5.74, 6) is -0.0335. The second-order valence-electron chi connectivity index (χ2n) is 4.51. The Labute approximate surface area is 104 Å². The normalized spacial score (nSPS) is 15.9. The van der Waals surface area contributed by atoms with Crippen LogP contribution in [0.3, 0.4) is 0 Å². The predicted molar refractivity (Wildman–Crippen MR) is 65.1 cm³/mol. The summed E-state index contributed by atoms with van der Waals surface area (Å²) in [6, 6.07) is 3.96. The summed E-state index contributed by atoms with van der Waals surface area (Å²) in [6.07, 6.45) is 6.48. The first-order valence-corrected chi connectivity index (χ1v) is 5.93. The molecule has 5 heteroatoms. The highest BCUT2D eigenvalue weighted by molar-refractivity contribution is 6.05. The average molecular weight is 243 g/mol. The minimum atomic E-state index is -0.0521. The number of Topliss-reactive ketones (excluding diaryl/α,β-unsaturated/α-hetero) is 1. The van der Waals surface area contributed by atoms with Crippen molar-refractivity contribution in [2.24, 2.45) is 0 Å². The average Bonchev–Trinajstić information content (AvgIpc) is 2.92. The van der Waals surface area contributed by atoms with Crippen LogP contribution in [0.5, 0.6) is 0 Å². The Kier molecular flexibility index (Phi) is 2.59. The number of pyridine rings is 1. The van der Waals surface area contributed by atoms with Gasteiger partial charge < -0.3 is 9.30 Å². The third-order valence-corrected chi connectivity index (χ3v) is 3.19. The maximum atomic E-state index is 11.5. The first kappa shape index (κ1) is 11.0. The van der Waals surface area contributed by atoms with Gasteiger partial charge in [-0.2, -0.15) is 0 Å². The Morgan fingerprint density at radius 3 is 2.94 bits per heavy atom. The number of hydrogen-bond donors (Lipinski definition) is 0. The van der Waals surface area contributed by atoms with E-state index in [1.165, 1.54) is 0 Å². The third kappa shape index (κ3) is 1.99. The number of carbonyl (C=O) groups excluding carboxylic acids is 2. The number of fused-ring (bicyclic) bond motifs is 1. The number of ketones is 1. The monoisotopic (exact) mass is 243 g/mol. The molecule has 0 bridgehead atoms. The van der Waals surface area contributed by atoms with E-state index in [4.69, 9.17) is 0 Å². The van der Waals surface area contributed by atoms with Crippen LogP contribution in [0.25, 0.3) is 5.65 Å². The Morgan fingerprint density at radius 2 is 2.17 bits per heavy atom. The lowest BCUT2D eigenvalue weighted by molar-refractivity contribution is -0.127. The standard InChI is InChI=1S/C13H13N3O2/c17-11-7-13(18)16(9-11)5-3-10-1-2-12-14-4-6-15(12)8-10/h1-2,4,6,8H,3,5,7,9H2. The molecule has 0 aromatic carbocycles. The second-order valence-corrected chi connectivity index (χ2v) is 4.51. The van der Waals surface area contributed by atoms with Gasteiger partial charge in [-0.25, -0.2) is 4.98 Å². The van der Waals surface area contributed by atoms with Gasteiger partial charge in [0, 0.05) is 25.1 Å². The van der Waals surface area contributed by atoms with E-state index in [0.717, 1.165) is 17.6 Å². The van der Waals surface area contributed by atoms with Crippen LogP contribution in [-0.2, 0) is 16.0 Å². The molecule has 1 aliphatic rings. The van der Waals surface area contributed by atoms with Crippen LogP contribution >= 0.6 is 0 Å². The van der Waals surface area contributed by atoms with Crippen LogP contribution in [0, 0.1) is 0 Å². The molecule has 0 spiro atoms. The number of imidazole rings is 1. The Bertz CT molecular complexity index is 617. The molecule has 3 rings (SSSR count). The Hall–Kier alpha value is -2.17. The zero-order valence-electron chi connectivity index (χ0n) is 9.87. The fourth-order valence-corrected chi connectivity index (χ4v) is 2.22. The molecule has 0 aliphatic carbocycles. The van der Waals surface area contributed by atoms with Crippen molar-refractivity contribution in [2.45, 2.75) is 12.8 Å². The van der Waals surface area contributed by atoms with Gasteiger partial charge in [0.1, 0.15) is 5.65 Å². The zero-order chi connectivity index (χ0) is 12.5. The lowest BCUT2D eigenvalue weighted by atomic mass is 10.2. The molecule has 3 heterocycles. The lowest BCUT2D eigenvalue weighted by Gasteiger charge is -2.14. The molecule has 0 saturated carbocycles. The van der Waals surface area contributed by atoms with E-state index >= 15 is 0 Å². The molecule has 0 unspecified atom stereocenters. The summed E-state index contributed by atoms with van der Waals surface area (Å²) < 4.78 is 1.95. The van der Waals surface area contributed by atoms with Crippen molar-refractivity contribution >= 4 is 17.3 Å². The summed E-state index contributed by atoms with van der Waals surface area (Å²) in [7, 11) is 0. The quantitative estimate of drug-likeness (QED) is 0.745. The fraction of sp³-hybridized carbons (Fsp3) is 0.308. The molecular weight excluding hydrogens is 230 g/mol. The highest BCUT2D eigenvalue weighted by Gasteiger charge is 2.26. The number of amides is 1. The van der Waals surface area contributed by atoms with E-state index in [1.807, 2.05) is 28.9 Å². The lowest BCUT2D eigenvalue weighted by Crippen LogP contribution is -2.27. The van der Waals surface area contributed by atoms with E-state index in [0.29, 0.717) is 6.54 Å². The highest BCUT2D eigenvalue weighted by Crippen LogP contribution is 2.10. The van der Waals surface area contributed by atoms with Crippen molar-refractivity contribution < 1.29 is 9.59 Å². The van der Waals surface area contributed by atoms with Crippen molar-refractivity contribution in [3.63, 3.8) is 0 Å². The maximum absolute atomic E-state index is 11.5. The van der Waals surface area contributed by atoms with Crippen molar-refractivity contribution in [3.05, 3.63) is 36.3 Å². The molecule has 18 heavy (non-hydrogen) atoms. The molecule has 92 valence electrons. The molecule has 2 aromatic heterocycles. The predicted octanol–water partition coefficient (Wildman–Crippen LogP) is 0.678. The van der Waals surface area contributed by atoms with Crippen LogP contribution in [0.1, 0.15) is 12.0 Å². The van der Waals surface area contributed by atoms with Crippen LogP contribution in [-0.4, -0.2) is 39.1 Å². The van der Waals surface area contributed by atoms with Crippen molar-refractivity contribution in [3.8, 4) is 0 Å². The Morgan fingerprint density at radius 1 is 1.28 bits per heavy atom. The van der Waals surface area contributed by atoms with Crippen LogP contribution in [0.15, 0.2) is 30.7 Å². The molecule has 0 atom stereocenters. The maximum Gasteiger partial charge on any atom is 0.230 e. The molecule has 0 radical (unpaired) electrons. The van der Waals surface area contributed by atoms with E-state index in [2.05, 4.69) is 4.98 Å². The van der Waals surface area contributed by atoms with Crippen molar-refractivity contribution in [2.75, 3.05) is 13.1 Å². The molecule has 1 fully saturated rings. The summed E-state index contributed by atoms with van der Waals surface area (Å²) in [5, 5.41) is 0. The van der Waals surface area contributed by atoms with E-state index < -0.39 is 0 Å². The van der Waals surface area contributed by atoms with E-state index in [9.17, 15) is 9.59 Å². The minimum absolute atomic E-state index is 0.0186. The third-order valence-electron chi connectivity index (χ3n) is 3.19. The highest BCUT2D eigenvalue weighted by atomic mass is 16.2. The SMILES string of the molecule is O=C1CC(=O)N(CCc2ccc3nccn3c2)C1. The number of rotatable bonds is 3. The number of hydrogen-bond acceptors (Lipinski definition) is 3. The zero-order valence-corrected chi connectivity index (χ0v) is 9.87. The molecule has 0 N–H and O–H groups in total. The minimum Gasteiger partial charge on any atom is -0.335 e. The molecule has 5 nitrogen and oxygen atoms in total. The molecular formula is C13H13N3O2. The van der Waals surface area contributed by atoms with Gasteiger partial charge in [-0.15, -0.1) is 0 Å². The first-order valence-electron chi connectivity index (χ1n) is 5.93. The summed E-state index contributed by atoms with van der Waals surface area (Å²) >= 11 is 0. The molecule has 2 aromatic rings. The van der Waals surface area contributed by atoms with Gasteiger partial charge in [0.15, 0.2) is 5.78 Å². The van der Waals surface area contributed by atoms with Gasteiger partial charge in [-0.05, 0) is 18.1 Å². The van der Waals surface area contributed by atoms with Gasteiger partial charge in [-0.3, -0.25) is 9.59 Å². The van der Waals surface area contributed by atoms with Crippen LogP contribution < -0.4 is 0 Å². The van der Waals surface area contributed by atoms with Gasteiger partial charge in [-0.1, -0.05) is 6.07 Å². The first-order chi connectivity index (χ1) is 8.72.